The average molecular weight is 346 g/mol. The zero-order chi connectivity index (χ0) is 16.7. The maximum atomic E-state index is 11.7. The van der Waals surface area contributed by atoms with E-state index in [0.717, 1.165) is 24.0 Å². The summed E-state index contributed by atoms with van der Waals surface area (Å²) in [5, 5.41) is 16.0. The van der Waals surface area contributed by atoms with Gasteiger partial charge >= 0.3 is 0 Å². The van der Waals surface area contributed by atoms with Gasteiger partial charge in [0.1, 0.15) is 11.1 Å². The van der Waals surface area contributed by atoms with Crippen molar-refractivity contribution in [1.29, 1.82) is 5.26 Å². The number of allylic oxidation sites excluding steroid dienone is 2. The molecular weight excluding hydrogens is 328 g/mol. The molecule has 0 aliphatic carbocycles. The Morgan fingerprint density at radius 3 is 2.91 bits per heavy atom. The number of nitrogens with zero attached hydrogens (tertiary/aromatic N) is 2. The van der Waals surface area contributed by atoms with Gasteiger partial charge in [-0.2, -0.15) is 5.26 Å². The molecular formula is C17H18N2O2S2. The number of thioether (sulfide) groups is 1. The molecule has 1 heterocycles. The lowest BCUT2D eigenvalue weighted by Crippen LogP contribution is -2.02. The first-order chi connectivity index (χ1) is 11.2. The van der Waals surface area contributed by atoms with Gasteiger partial charge in [0.25, 0.3) is 0 Å². The zero-order valence-corrected chi connectivity index (χ0v) is 14.7. The van der Waals surface area contributed by atoms with E-state index in [-0.39, 0.29) is 0 Å². The maximum absolute atomic E-state index is 11.7. The van der Waals surface area contributed by atoms with Crippen molar-refractivity contribution in [2.24, 2.45) is 5.16 Å². The minimum atomic E-state index is -1.43. The van der Waals surface area contributed by atoms with E-state index in [1.54, 1.807) is 0 Å². The number of hydrogen-bond acceptors (Lipinski definition) is 5. The van der Waals surface area contributed by atoms with Crippen molar-refractivity contribution in [2.75, 3.05) is 5.75 Å². The van der Waals surface area contributed by atoms with Crippen LogP contribution in [0.15, 0.2) is 46.5 Å². The van der Waals surface area contributed by atoms with Crippen LogP contribution in [0.3, 0.4) is 0 Å². The van der Waals surface area contributed by atoms with Crippen molar-refractivity contribution in [3.8, 4) is 6.07 Å². The van der Waals surface area contributed by atoms with E-state index < -0.39 is 11.1 Å². The molecule has 0 saturated carbocycles. The Bertz CT molecular complexity index is 730. The molecule has 1 atom stereocenters. The van der Waals surface area contributed by atoms with Crippen LogP contribution in [0.2, 0.25) is 0 Å². The minimum absolute atomic E-state index is 0.466. The van der Waals surface area contributed by atoms with E-state index in [0.29, 0.717) is 21.9 Å². The summed E-state index contributed by atoms with van der Waals surface area (Å²) >= 11 is -0.0675. The number of nitriles is 1. The maximum Gasteiger partial charge on any atom is 0.232 e. The average Bonchev–Trinajstić information content (AvgIpc) is 3.02. The Morgan fingerprint density at radius 2 is 2.22 bits per heavy atom. The van der Waals surface area contributed by atoms with Crippen LogP contribution in [-0.4, -0.2) is 15.0 Å². The number of benzene rings is 1. The first-order valence-electron chi connectivity index (χ1n) is 7.35. The molecule has 1 aliphatic rings. The number of unbranched alkanes of at least 4 members (excludes halogenated alkanes) is 1. The van der Waals surface area contributed by atoms with Crippen LogP contribution in [-0.2, 0) is 15.4 Å². The second-order valence-corrected chi connectivity index (χ2v) is 7.03. The van der Waals surface area contributed by atoms with E-state index in [4.69, 9.17) is 4.28 Å². The molecule has 0 spiro atoms. The molecule has 6 heteroatoms. The predicted molar refractivity (Wildman–Crippen MR) is 96.9 cm³/mol. The van der Waals surface area contributed by atoms with Crippen LogP contribution in [0, 0.1) is 18.3 Å². The van der Waals surface area contributed by atoms with Crippen molar-refractivity contribution in [1.82, 2.24) is 0 Å². The molecule has 0 radical (unpaired) electrons. The van der Waals surface area contributed by atoms with Gasteiger partial charge in [-0.3, -0.25) is 4.28 Å². The van der Waals surface area contributed by atoms with Gasteiger partial charge in [-0.1, -0.05) is 54.5 Å². The highest BCUT2D eigenvalue weighted by Crippen LogP contribution is 2.31. The standard InChI is InChI=1S/C17H18N2O2S2/c1-3-4-11-23(20)21-19-17-15(9-10-22-17)16(12-18)14-8-6-5-7-13(14)2/h5-10H,3-4,11H2,1-2H3/b16-15+,19-17-. The second-order valence-electron chi connectivity index (χ2n) is 4.97. The SMILES string of the molecule is CCCCS(=O)O/N=C1\SC=C\C1=C(\C#N)c1ccccc1C. The molecule has 0 aromatic heterocycles. The molecule has 0 fully saturated rings. The lowest BCUT2D eigenvalue weighted by molar-refractivity contribution is 0.375. The molecule has 1 aromatic rings. The molecule has 0 N–H and O–H groups in total. The highest BCUT2D eigenvalue weighted by atomic mass is 32.2. The Hall–Kier alpha value is -1.84. The second kappa shape index (κ2) is 8.70. The van der Waals surface area contributed by atoms with Crippen LogP contribution < -0.4 is 0 Å². The highest BCUT2D eigenvalue weighted by Gasteiger charge is 2.19. The molecule has 0 saturated heterocycles. The van der Waals surface area contributed by atoms with Crippen molar-refractivity contribution in [3.63, 3.8) is 0 Å². The van der Waals surface area contributed by atoms with Crippen molar-refractivity contribution < 1.29 is 8.49 Å². The number of oxime groups is 1. The molecule has 1 unspecified atom stereocenters. The van der Waals surface area contributed by atoms with Gasteiger partial charge in [0, 0.05) is 5.57 Å². The molecule has 120 valence electrons. The van der Waals surface area contributed by atoms with Crippen LogP contribution in [0.1, 0.15) is 30.9 Å². The molecule has 0 amide bonds. The largest absolute Gasteiger partial charge is 0.291 e. The highest BCUT2D eigenvalue weighted by molar-refractivity contribution is 8.17. The summed E-state index contributed by atoms with van der Waals surface area (Å²) < 4.78 is 16.8. The molecule has 1 aromatic carbocycles. The summed E-state index contributed by atoms with van der Waals surface area (Å²) in [6.45, 7) is 3.99. The van der Waals surface area contributed by atoms with Crippen molar-refractivity contribution in [2.45, 2.75) is 26.7 Å². The fraction of sp³-hybridized carbons (Fsp3) is 0.294. The fourth-order valence-electron chi connectivity index (χ4n) is 2.06. The number of rotatable bonds is 6. The van der Waals surface area contributed by atoms with Crippen LogP contribution >= 0.6 is 11.8 Å². The zero-order valence-electron chi connectivity index (χ0n) is 13.1. The monoisotopic (exact) mass is 346 g/mol. The van der Waals surface area contributed by atoms with Gasteiger partial charge in [0.2, 0.25) is 11.1 Å². The van der Waals surface area contributed by atoms with E-state index in [9.17, 15) is 9.47 Å². The van der Waals surface area contributed by atoms with Crippen LogP contribution in [0.5, 0.6) is 0 Å². The molecule has 0 bridgehead atoms. The molecule has 23 heavy (non-hydrogen) atoms. The Kier molecular flexibility index (Phi) is 6.63. The smallest absolute Gasteiger partial charge is 0.232 e. The molecule has 2 rings (SSSR count). The summed E-state index contributed by atoms with van der Waals surface area (Å²) in [4.78, 5) is 0. The number of aryl methyl sites for hydroxylation is 1. The van der Waals surface area contributed by atoms with E-state index in [2.05, 4.69) is 11.2 Å². The lowest BCUT2D eigenvalue weighted by atomic mass is 9.97. The van der Waals surface area contributed by atoms with Gasteiger partial charge < -0.3 is 0 Å². The summed E-state index contributed by atoms with van der Waals surface area (Å²) in [7, 11) is 0. The third kappa shape index (κ3) is 4.57. The van der Waals surface area contributed by atoms with Crippen molar-refractivity contribution >= 4 is 33.5 Å². The Balaban J connectivity index is 2.28. The summed E-state index contributed by atoms with van der Waals surface area (Å²) in [6, 6.07) is 9.97. The van der Waals surface area contributed by atoms with E-state index in [1.165, 1.54) is 11.8 Å². The molecule has 4 nitrogen and oxygen atoms in total. The third-order valence-electron chi connectivity index (χ3n) is 3.31. The quantitative estimate of drug-likeness (QED) is 0.568. The first kappa shape index (κ1) is 17.5. The van der Waals surface area contributed by atoms with E-state index in [1.807, 2.05) is 49.6 Å². The van der Waals surface area contributed by atoms with Gasteiger partial charge in [0.15, 0.2) is 0 Å². The van der Waals surface area contributed by atoms with Gasteiger partial charge in [0.05, 0.1) is 11.3 Å². The van der Waals surface area contributed by atoms with E-state index >= 15 is 0 Å². The summed E-state index contributed by atoms with van der Waals surface area (Å²) in [6.07, 6.45) is 3.63. The third-order valence-corrected chi connectivity index (χ3v) is 4.96. The van der Waals surface area contributed by atoms with Gasteiger partial charge in [-0.15, -0.1) is 0 Å². The summed E-state index contributed by atoms with van der Waals surface area (Å²) in [5.41, 5.74) is 3.15. The number of hydrogen-bond donors (Lipinski definition) is 0. The Labute approximate surface area is 143 Å². The Morgan fingerprint density at radius 1 is 1.43 bits per heavy atom. The predicted octanol–water partition coefficient (Wildman–Crippen LogP) is 4.33. The van der Waals surface area contributed by atoms with Gasteiger partial charge in [-0.05, 0) is 36.0 Å². The summed E-state index contributed by atoms with van der Waals surface area (Å²) in [5.74, 6) is 0.466. The topological polar surface area (TPSA) is 62.4 Å². The normalized spacial score (nSPS) is 18.7. The van der Waals surface area contributed by atoms with Crippen LogP contribution in [0.4, 0.5) is 0 Å². The lowest BCUT2D eigenvalue weighted by Gasteiger charge is -2.07. The molecule has 1 aliphatic heterocycles. The van der Waals surface area contributed by atoms with Crippen molar-refractivity contribution in [3.05, 3.63) is 52.4 Å². The van der Waals surface area contributed by atoms with Gasteiger partial charge in [-0.25, -0.2) is 4.21 Å². The first-order valence-corrected chi connectivity index (χ1v) is 9.47. The fourth-order valence-corrected chi connectivity index (χ4v) is 3.57. The van der Waals surface area contributed by atoms with Crippen LogP contribution in [0.25, 0.3) is 5.57 Å². The minimum Gasteiger partial charge on any atom is -0.291 e.